The first-order valence-corrected chi connectivity index (χ1v) is 12.4. The molecule has 0 bridgehead atoms. The van der Waals surface area contributed by atoms with E-state index in [2.05, 4.69) is 112 Å². The van der Waals surface area contributed by atoms with Gasteiger partial charge in [0.05, 0.1) is 28.8 Å². The summed E-state index contributed by atoms with van der Waals surface area (Å²) in [5.74, 6) is 0. The molecule has 4 aromatic carbocycles. The fraction of sp³-hybridized carbons (Fsp3) is 0.0667. The van der Waals surface area contributed by atoms with E-state index in [1.807, 2.05) is 30.7 Å². The summed E-state index contributed by atoms with van der Waals surface area (Å²) in [5, 5.41) is 4.46. The Morgan fingerprint density at radius 2 is 1.23 bits per heavy atom. The average Bonchev–Trinajstić information content (AvgIpc) is 3.57. The molecule has 0 spiro atoms. The first-order chi connectivity index (χ1) is 17.4. The number of hydrogen-bond acceptors (Lipinski definition) is 4. The van der Waals surface area contributed by atoms with Crippen molar-refractivity contribution in [3.63, 3.8) is 0 Å². The third kappa shape index (κ3) is 3.80. The largest absolute Gasteiger partial charge is 0.356 e. The minimum absolute atomic E-state index is 0.578. The van der Waals surface area contributed by atoms with Gasteiger partial charge in [0.2, 0.25) is 0 Å². The first-order valence-electron chi connectivity index (χ1n) is 11.6. The van der Waals surface area contributed by atoms with Gasteiger partial charge in [-0.05, 0) is 28.8 Å². The van der Waals surface area contributed by atoms with Gasteiger partial charge in [-0.1, -0.05) is 114 Å². The van der Waals surface area contributed by atoms with Gasteiger partial charge < -0.3 is 9.88 Å². The average molecular weight is 473 g/mol. The van der Waals surface area contributed by atoms with Crippen molar-refractivity contribution in [2.24, 2.45) is 0 Å². The zero-order chi connectivity index (χ0) is 23.5. The van der Waals surface area contributed by atoms with Crippen LogP contribution >= 0.6 is 11.3 Å². The van der Waals surface area contributed by atoms with Gasteiger partial charge in [0.1, 0.15) is 5.54 Å². The Morgan fingerprint density at radius 1 is 0.686 bits per heavy atom. The summed E-state index contributed by atoms with van der Waals surface area (Å²) < 4.78 is 3.48. The predicted octanol–water partition coefficient (Wildman–Crippen LogP) is 6.95. The smallest absolute Gasteiger partial charge is 0.184 e. The maximum Gasteiger partial charge on any atom is 0.184 e. The number of nitrogens with one attached hydrogen (secondary N) is 1. The number of para-hydroxylation sites is 1. The highest BCUT2D eigenvalue weighted by Gasteiger charge is 2.39. The van der Waals surface area contributed by atoms with Gasteiger partial charge in [-0.3, -0.25) is 0 Å². The minimum Gasteiger partial charge on any atom is -0.356 e. The third-order valence-corrected chi connectivity index (χ3v) is 7.36. The van der Waals surface area contributed by atoms with Gasteiger partial charge in [0.25, 0.3) is 0 Å². The Kier molecular flexibility index (Phi) is 5.60. The van der Waals surface area contributed by atoms with Gasteiger partial charge in [0.15, 0.2) is 5.13 Å². The maximum absolute atomic E-state index is 4.76. The highest BCUT2D eigenvalue weighted by Crippen LogP contribution is 2.41. The second-order valence-corrected chi connectivity index (χ2v) is 9.43. The second-order valence-electron chi connectivity index (χ2n) is 8.40. The van der Waals surface area contributed by atoms with Crippen LogP contribution in [0.1, 0.15) is 22.4 Å². The predicted molar refractivity (Wildman–Crippen MR) is 144 cm³/mol. The molecule has 0 saturated carbocycles. The SMILES string of the molecule is c1ccc(C(c2ccccc2)(c2ccccc2)n2cncc2CNc2nc3ccccc3s2)cc1. The number of benzene rings is 4. The molecule has 0 unspecified atom stereocenters. The molecule has 2 heterocycles. The summed E-state index contributed by atoms with van der Waals surface area (Å²) in [6, 6.07) is 40.2. The van der Waals surface area contributed by atoms with E-state index in [0.29, 0.717) is 6.54 Å². The maximum atomic E-state index is 4.76. The van der Waals surface area contributed by atoms with Crippen molar-refractivity contribution in [3.05, 3.63) is 150 Å². The molecule has 0 atom stereocenters. The van der Waals surface area contributed by atoms with E-state index < -0.39 is 5.54 Å². The Balaban J connectivity index is 1.50. The lowest BCUT2D eigenvalue weighted by molar-refractivity contribution is 0.498. The number of aromatic nitrogens is 3. The number of fused-ring (bicyclic) bond motifs is 1. The van der Waals surface area contributed by atoms with Gasteiger partial charge in [0, 0.05) is 6.20 Å². The summed E-state index contributed by atoms with van der Waals surface area (Å²) in [5.41, 5.74) is 5.04. The van der Waals surface area contributed by atoms with Gasteiger partial charge in [-0.15, -0.1) is 0 Å². The van der Waals surface area contributed by atoms with E-state index in [4.69, 9.17) is 4.98 Å². The normalized spacial score (nSPS) is 11.5. The molecule has 0 radical (unpaired) electrons. The van der Waals surface area contributed by atoms with E-state index in [-0.39, 0.29) is 0 Å². The van der Waals surface area contributed by atoms with E-state index in [9.17, 15) is 0 Å². The molecular weight excluding hydrogens is 448 g/mol. The van der Waals surface area contributed by atoms with E-state index in [1.54, 1.807) is 11.3 Å². The van der Waals surface area contributed by atoms with Crippen LogP contribution in [0.3, 0.4) is 0 Å². The lowest BCUT2D eigenvalue weighted by atomic mass is 9.76. The number of hydrogen-bond donors (Lipinski definition) is 1. The fourth-order valence-electron chi connectivity index (χ4n) is 4.82. The van der Waals surface area contributed by atoms with E-state index in [0.717, 1.165) is 16.3 Å². The monoisotopic (exact) mass is 472 g/mol. The van der Waals surface area contributed by atoms with Crippen LogP contribution in [-0.4, -0.2) is 14.5 Å². The van der Waals surface area contributed by atoms with Crippen molar-refractivity contribution >= 4 is 26.7 Å². The zero-order valence-corrected chi connectivity index (χ0v) is 19.9. The fourth-order valence-corrected chi connectivity index (χ4v) is 5.69. The molecule has 2 aromatic heterocycles. The van der Waals surface area contributed by atoms with E-state index in [1.165, 1.54) is 21.4 Å². The summed E-state index contributed by atoms with van der Waals surface area (Å²) in [4.78, 5) is 9.38. The van der Waals surface area contributed by atoms with Crippen molar-refractivity contribution < 1.29 is 0 Å². The zero-order valence-electron chi connectivity index (χ0n) is 19.1. The number of rotatable bonds is 7. The Bertz CT molecular complexity index is 1410. The molecule has 0 amide bonds. The molecule has 6 aromatic rings. The highest BCUT2D eigenvalue weighted by atomic mass is 32.1. The van der Waals surface area contributed by atoms with Gasteiger partial charge >= 0.3 is 0 Å². The van der Waals surface area contributed by atoms with Crippen LogP contribution in [-0.2, 0) is 12.1 Å². The molecule has 0 aliphatic rings. The summed E-state index contributed by atoms with van der Waals surface area (Å²) >= 11 is 1.67. The van der Waals surface area contributed by atoms with Crippen LogP contribution in [0, 0.1) is 0 Å². The molecule has 0 saturated heterocycles. The summed E-state index contributed by atoms with van der Waals surface area (Å²) in [6.45, 7) is 0.605. The standard InChI is InChI=1S/C30H24N4S/c1-4-12-23(13-5-1)30(24-14-6-2-7-15-24,25-16-8-3-9-17-25)34-22-31-20-26(34)21-32-29-33-27-18-10-11-19-28(27)35-29/h1-20,22H,21H2,(H,32,33). The van der Waals surface area contributed by atoms with E-state index >= 15 is 0 Å². The Morgan fingerprint density at radius 3 is 1.80 bits per heavy atom. The molecule has 5 heteroatoms. The van der Waals surface area contributed by atoms with Crippen LogP contribution in [0.5, 0.6) is 0 Å². The molecule has 0 aliphatic heterocycles. The Hall–Kier alpha value is -4.22. The highest BCUT2D eigenvalue weighted by molar-refractivity contribution is 7.22. The first kappa shape index (κ1) is 21.3. The number of nitrogens with zero attached hydrogens (tertiary/aromatic N) is 3. The molecule has 4 nitrogen and oxygen atoms in total. The lowest BCUT2D eigenvalue weighted by Crippen LogP contribution is -2.38. The van der Waals surface area contributed by atoms with Crippen molar-refractivity contribution in [1.29, 1.82) is 0 Å². The Labute approximate surface area is 208 Å². The van der Waals surface area contributed by atoms with Gasteiger partial charge in [-0.25, -0.2) is 9.97 Å². The molecule has 0 aliphatic carbocycles. The van der Waals surface area contributed by atoms with Gasteiger partial charge in [-0.2, -0.15) is 0 Å². The van der Waals surface area contributed by atoms with Crippen molar-refractivity contribution in [2.75, 3.05) is 5.32 Å². The number of anilines is 1. The molecule has 6 rings (SSSR count). The van der Waals surface area contributed by atoms with Crippen molar-refractivity contribution in [1.82, 2.24) is 14.5 Å². The third-order valence-electron chi connectivity index (χ3n) is 6.37. The van der Waals surface area contributed by atoms with Crippen LogP contribution in [0.4, 0.5) is 5.13 Å². The molecule has 170 valence electrons. The quantitative estimate of drug-likeness (QED) is 0.256. The summed E-state index contributed by atoms with van der Waals surface area (Å²) in [6.07, 6.45) is 3.90. The number of imidazole rings is 1. The van der Waals surface area contributed by atoms with Crippen LogP contribution < -0.4 is 5.32 Å². The topological polar surface area (TPSA) is 42.7 Å². The summed E-state index contributed by atoms with van der Waals surface area (Å²) in [7, 11) is 0. The van der Waals surface area contributed by atoms with Crippen molar-refractivity contribution in [2.45, 2.75) is 12.1 Å². The van der Waals surface area contributed by atoms with Crippen LogP contribution in [0.15, 0.2) is 128 Å². The van der Waals surface area contributed by atoms with Crippen LogP contribution in [0.2, 0.25) is 0 Å². The molecule has 0 fully saturated rings. The van der Waals surface area contributed by atoms with Crippen LogP contribution in [0.25, 0.3) is 10.2 Å². The molecule has 1 N–H and O–H groups in total. The molecule has 35 heavy (non-hydrogen) atoms. The second kappa shape index (κ2) is 9.20. The lowest BCUT2D eigenvalue weighted by Gasteiger charge is -2.38. The number of thiazole rings is 1. The molecular formula is C30H24N4S. The van der Waals surface area contributed by atoms with Crippen molar-refractivity contribution in [3.8, 4) is 0 Å². The minimum atomic E-state index is -0.578.